The van der Waals surface area contributed by atoms with Gasteiger partial charge in [-0.2, -0.15) is 0 Å². The molecular weight excluding hydrogens is 396 g/mol. The van der Waals surface area contributed by atoms with Crippen molar-refractivity contribution in [1.82, 2.24) is 10.2 Å². The molecule has 0 radical (unpaired) electrons. The molecule has 0 bridgehead atoms. The lowest BCUT2D eigenvalue weighted by atomic mass is 10.0. The Morgan fingerprint density at radius 2 is 1.73 bits per heavy atom. The van der Waals surface area contributed by atoms with Crippen LogP contribution in [-0.2, 0) is 4.74 Å². The Kier molecular flexibility index (Phi) is 7.07. The molecular formula is C24H28N2O3S. The molecule has 1 N–H and O–H groups in total. The minimum absolute atomic E-state index is 0.0451. The number of carbonyl (C=O) groups is 2. The summed E-state index contributed by atoms with van der Waals surface area (Å²) in [7, 11) is 0. The lowest BCUT2D eigenvalue weighted by molar-refractivity contribution is 0.0694. The van der Waals surface area contributed by atoms with Gasteiger partial charge in [-0.05, 0) is 49.9 Å². The molecule has 5 nitrogen and oxygen atoms in total. The topological polar surface area (TPSA) is 58.6 Å². The van der Waals surface area contributed by atoms with E-state index in [2.05, 4.69) is 5.32 Å². The van der Waals surface area contributed by atoms with Gasteiger partial charge >= 0.3 is 0 Å². The highest BCUT2D eigenvalue weighted by atomic mass is 32.2. The molecule has 0 spiro atoms. The number of ether oxygens (including phenoxy) is 1. The number of nitrogens with zero attached hydrogens (tertiary/aromatic N) is 1. The van der Waals surface area contributed by atoms with Gasteiger partial charge in [-0.25, -0.2) is 0 Å². The third-order valence-electron chi connectivity index (χ3n) is 5.72. The van der Waals surface area contributed by atoms with E-state index in [1.807, 2.05) is 59.5 Å². The fourth-order valence-electron chi connectivity index (χ4n) is 3.98. The van der Waals surface area contributed by atoms with Gasteiger partial charge in [0.2, 0.25) is 0 Å². The Balaban J connectivity index is 1.31. The number of likely N-dealkylation sites (tertiary alicyclic amines) is 1. The van der Waals surface area contributed by atoms with Gasteiger partial charge in [0, 0.05) is 42.0 Å². The van der Waals surface area contributed by atoms with E-state index >= 15 is 0 Å². The number of benzene rings is 2. The van der Waals surface area contributed by atoms with Gasteiger partial charge in [-0.15, -0.1) is 11.8 Å². The van der Waals surface area contributed by atoms with Crippen molar-refractivity contribution in [3.8, 4) is 0 Å². The van der Waals surface area contributed by atoms with Crippen LogP contribution in [0.3, 0.4) is 0 Å². The third kappa shape index (κ3) is 5.24. The van der Waals surface area contributed by atoms with Crippen molar-refractivity contribution in [3.05, 3.63) is 65.7 Å². The summed E-state index contributed by atoms with van der Waals surface area (Å²) < 4.78 is 5.72. The fourth-order valence-corrected chi connectivity index (χ4v) is 5.10. The van der Waals surface area contributed by atoms with Gasteiger partial charge < -0.3 is 15.0 Å². The monoisotopic (exact) mass is 424 g/mol. The van der Waals surface area contributed by atoms with Crippen LogP contribution < -0.4 is 5.32 Å². The maximum Gasteiger partial charge on any atom is 0.254 e. The summed E-state index contributed by atoms with van der Waals surface area (Å²) in [5, 5.41) is 3.10. The van der Waals surface area contributed by atoms with Crippen LogP contribution in [0.1, 0.15) is 46.4 Å². The predicted octanol–water partition coefficient (Wildman–Crippen LogP) is 3.99. The molecule has 30 heavy (non-hydrogen) atoms. The molecule has 0 saturated carbocycles. The normalized spacial score (nSPS) is 19.6. The number of nitrogens with one attached hydrogen (secondary N) is 1. The van der Waals surface area contributed by atoms with Crippen LogP contribution in [0.2, 0.25) is 0 Å². The van der Waals surface area contributed by atoms with Crippen molar-refractivity contribution in [3.63, 3.8) is 0 Å². The van der Waals surface area contributed by atoms with Crippen LogP contribution in [-0.4, -0.2) is 54.3 Å². The average Bonchev–Trinajstić information content (AvgIpc) is 3.32. The van der Waals surface area contributed by atoms with Crippen LogP contribution in [0, 0.1) is 0 Å². The molecule has 2 amide bonds. The number of thioether (sulfide) groups is 1. The standard InChI is InChI=1S/C24H28N2O3S/c27-23(18-7-2-1-3-8-18)25-19-12-14-26(15-13-19)24(28)21-10-4-5-11-22(21)30-17-20-9-6-16-29-20/h1-5,7-8,10-11,19-20H,6,9,12-17H2,(H,25,27)/t20-/m1/s1. The highest BCUT2D eigenvalue weighted by molar-refractivity contribution is 7.99. The van der Waals surface area contributed by atoms with Crippen molar-refractivity contribution >= 4 is 23.6 Å². The highest BCUT2D eigenvalue weighted by Gasteiger charge is 2.26. The van der Waals surface area contributed by atoms with E-state index in [4.69, 9.17) is 4.74 Å². The highest BCUT2D eigenvalue weighted by Crippen LogP contribution is 2.28. The van der Waals surface area contributed by atoms with Gasteiger partial charge in [0.1, 0.15) is 0 Å². The van der Waals surface area contributed by atoms with E-state index in [1.165, 1.54) is 0 Å². The number of piperidine rings is 1. The summed E-state index contributed by atoms with van der Waals surface area (Å²) in [5.41, 5.74) is 1.44. The maximum absolute atomic E-state index is 13.2. The second kappa shape index (κ2) is 10.1. The summed E-state index contributed by atoms with van der Waals surface area (Å²) in [5.74, 6) is 0.923. The lowest BCUT2D eigenvalue weighted by Gasteiger charge is -2.33. The first-order chi connectivity index (χ1) is 14.7. The van der Waals surface area contributed by atoms with E-state index < -0.39 is 0 Å². The van der Waals surface area contributed by atoms with Crippen LogP contribution in [0.15, 0.2) is 59.5 Å². The molecule has 2 heterocycles. The maximum atomic E-state index is 13.2. The van der Waals surface area contributed by atoms with Crippen molar-refractivity contribution in [2.24, 2.45) is 0 Å². The molecule has 2 aliphatic rings. The Morgan fingerprint density at radius 3 is 2.47 bits per heavy atom. The van der Waals surface area contributed by atoms with E-state index in [-0.39, 0.29) is 17.9 Å². The SMILES string of the molecule is O=C(NC1CCN(C(=O)c2ccccc2SC[C@H]2CCCO2)CC1)c1ccccc1. The fraction of sp³-hybridized carbons (Fsp3) is 0.417. The molecule has 2 saturated heterocycles. The van der Waals surface area contributed by atoms with Crippen molar-refractivity contribution in [2.75, 3.05) is 25.4 Å². The first-order valence-electron chi connectivity index (χ1n) is 10.7. The summed E-state index contributed by atoms with van der Waals surface area (Å²) >= 11 is 1.71. The summed E-state index contributed by atoms with van der Waals surface area (Å²) in [6.45, 7) is 2.16. The quantitative estimate of drug-likeness (QED) is 0.713. The van der Waals surface area contributed by atoms with Crippen LogP contribution in [0.5, 0.6) is 0 Å². The second-order valence-corrected chi connectivity index (χ2v) is 8.91. The molecule has 0 aliphatic carbocycles. The van der Waals surface area contributed by atoms with E-state index in [1.54, 1.807) is 11.8 Å². The van der Waals surface area contributed by atoms with Crippen LogP contribution in [0.4, 0.5) is 0 Å². The van der Waals surface area contributed by atoms with E-state index in [0.717, 1.165) is 48.5 Å². The predicted molar refractivity (Wildman–Crippen MR) is 119 cm³/mol. The Labute approximate surface area is 182 Å². The molecule has 2 aliphatic heterocycles. The number of hydrogen-bond acceptors (Lipinski definition) is 4. The molecule has 0 aromatic heterocycles. The molecule has 0 unspecified atom stereocenters. The Hall–Kier alpha value is -2.31. The van der Waals surface area contributed by atoms with Crippen LogP contribution >= 0.6 is 11.8 Å². The van der Waals surface area contributed by atoms with Gasteiger partial charge in [0.15, 0.2) is 0 Å². The smallest absolute Gasteiger partial charge is 0.254 e. The van der Waals surface area contributed by atoms with Crippen LogP contribution in [0.25, 0.3) is 0 Å². The first kappa shape index (κ1) is 20.9. The Bertz CT molecular complexity index is 860. The number of rotatable bonds is 6. The van der Waals surface area contributed by atoms with Gasteiger partial charge in [-0.3, -0.25) is 9.59 Å². The van der Waals surface area contributed by atoms with E-state index in [0.29, 0.717) is 24.8 Å². The zero-order valence-electron chi connectivity index (χ0n) is 17.1. The molecule has 6 heteroatoms. The zero-order chi connectivity index (χ0) is 20.8. The minimum atomic E-state index is -0.0451. The molecule has 2 aromatic rings. The lowest BCUT2D eigenvalue weighted by Crippen LogP contribution is -2.46. The molecule has 1 atom stereocenters. The molecule has 158 valence electrons. The summed E-state index contributed by atoms with van der Waals surface area (Å²) in [4.78, 5) is 28.5. The van der Waals surface area contributed by atoms with E-state index in [9.17, 15) is 9.59 Å². The number of carbonyl (C=O) groups excluding carboxylic acids is 2. The minimum Gasteiger partial charge on any atom is -0.377 e. The second-order valence-electron chi connectivity index (χ2n) is 7.85. The van der Waals surface area contributed by atoms with Crippen molar-refractivity contribution in [2.45, 2.75) is 42.7 Å². The van der Waals surface area contributed by atoms with Gasteiger partial charge in [0.05, 0.1) is 11.7 Å². The Morgan fingerprint density at radius 1 is 1.00 bits per heavy atom. The molecule has 2 fully saturated rings. The molecule has 2 aromatic carbocycles. The third-order valence-corrected chi connectivity index (χ3v) is 6.93. The number of amides is 2. The largest absolute Gasteiger partial charge is 0.377 e. The zero-order valence-corrected chi connectivity index (χ0v) is 17.9. The summed E-state index contributed by atoms with van der Waals surface area (Å²) in [6.07, 6.45) is 4.07. The van der Waals surface area contributed by atoms with Crippen molar-refractivity contribution in [1.29, 1.82) is 0 Å². The number of hydrogen-bond donors (Lipinski definition) is 1. The summed E-state index contributed by atoms with van der Waals surface area (Å²) in [6, 6.07) is 17.2. The van der Waals surface area contributed by atoms with Gasteiger partial charge in [0.25, 0.3) is 11.8 Å². The van der Waals surface area contributed by atoms with Crippen molar-refractivity contribution < 1.29 is 14.3 Å². The first-order valence-corrected chi connectivity index (χ1v) is 11.7. The van der Waals surface area contributed by atoms with Gasteiger partial charge in [-0.1, -0.05) is 30.3 Å². The molecule has 4 rings (SSSR count). The average molecular weight is 425 g/mol.